The zero-order valence-corrected chi connectivity index (χ0v) is 33.2. The Bertz CT molecular complexity index is 1990. The van der Waals surface area contributed by atoms with Gasteiger partial charge in [-0.3, -0.25) is 28.8 Å². The number of aromatic hydroxyl groups is 1. The van der Waals surface area contributed by atoms with E-state index < -0.39 is 126 Å². The van der Waals surface area contributed by atoms with E-state index in [2.05, 4.69) is 10.6 Å². The van der Waals surface area contributed by atoms with Gasteiger partial charge >= 0.3 is 30.5 Å². The van der Waals surface area contributed by atoms with Crippen LogP contribution in [0.5, 0.6) is 5.75 Å². The number of hydrogen-bond donors (Lipinski definition) is 4. The standard InChI is InChI=1S/C34H35N5O15S3/c1-32(2)17(27(47)48)37-21(44)14(24(37)55-32)35-20(43)13(11-7-9-12(40)10-8-11)36-30(51)54-31(52-28(49)18-33(3,4)56-25-15(41)22(45)38(18)25)53-29(50)19-34(5,6)57-26-16(42)23(46)39(19)26/h7-10,13-14,17-19,24-26,31,40H,1-6H3,(H,35,43)(H,36,51)(H,47,48)/t13?,14?,17-,18-,19-,24+,25+,26+/m0/s1. The fourth-order valence-corrected chi connectivity index (χ4v) is 12.2. The van der Waals surface area contributed by atoms with Gasteiger partial charge in [0, 0.05) is 14.2 Å². The number of ketones is 2. The number of hydrogen-bond acceptors (Lipinski definition) is 17. The minimum absolute atomic E-state index is 0.0488. The monoisotopic (exact) mass is 849 g/mol. The summed E-state index contributed by atoms with van der Waals surface area (Å²) in [6.07, 6.45) is -1.53. The molecule has 57 heavy (non-hydrogen) atoms. The van der Waals surface area contributed by atoms with Crippen molar-refractivity contribution in [1.29, 1.82) is 0 Å². The normalized spacial score (nSPS) is 30.3. The van der Waals surface area contributed by atoms with Gasteiger partial charge in [0.25, 0.3) is 23.4 Å². The number of β-lactam (4-membered cyclic amide) rings is 3. The summed E-state index contributed by atoms with van der Waals surface area (Å²) in [5.74, 6) is -8.97. The molecular formula is C34H35N5O15S3. The molecule has 6 heterocycles. The molecule has 0 aromatic heterocycles. The van der Waals surface area contributed by atoms with Crippen molar-refractivity contribution in [3.05, 3.63) is 29.8 Å². The van der Waals surface area contributed by atoms with Crippen LogP contribution in [-0.4, -0.2) is 145 Å². The lowest BCUT2D eigenvalue weighted by Gasteiger charge is -2.44. The van der Waals surface area contributed by atoms with Gasteiger partial charge in [0.15, 0.2) is 0 Å². The number of carbonyl (C=O) groups is 10. The highest BCUT2D eigenvalue weighted by atomic mass is 32.2. The maximum Gasteiger partial charge on any atom is 0.414 e. The number of benzene rings is 1. The molecule has 1 aromatic rings. The third kappa shape index (κ3) is 6.42. The molecular weight excluding hydrogens is 815 g/mol. The molecule has 0 bridgehead atoms. The quantitative estimate of drug-likeness (QED) is 0.0993. The predicted molar refractivity (Wildman–Crippen MR) is 194 cm³/mol. The molecule has 8 atom stereocenters. The number of alkyl carbamates (subject to hydrolysis) is 1. The van der Waals surface area contributed by atoms with Gasteiger partial charge in [-0.25, -0.2) is 19.2 Å². The minimum Gasteiger partial charge on any atom is -0.508 e. The maximum absolute atomic E-state index is 13.8. The van der Waals surface area contributed by atoms with Crippen molar-refractivity contribution >= 4 is 94.5 Å². The van der Waals surface area contributed by atoms with Gasteiger partial charge < -0.3 is 49.8 Å². The van der Waals surface area contributed by atoms with Crippen LogP contribution >= 0.6 is 35.3 Å². The topological polar surface area (TPSA) is 273 Å². The number of rotatable bonds is 10. The summed E-state index contributed by atoms with van der Waals surface area (Å²) in [7, 11) is 0. The van der Waals surface area contributed by atoms with Crippen LogP contribution in [0, 0.1) is 0 Å². The fourth-order valence-electron chi connectivity index (χ4n) is 7.67. The van der Waals surface area contributed by atoms with Crippen LogP contribution < -0.4 is 10.6 Å². The molecule has 6 fully saturated rings. The number of carboxylic acids is 1. The van der Waals surface area contributed by atoms with Crippen LogP contribution in [0.25, 0.3) is 0 Å². The zero-order valence-electron chi connectivity index (χ0n) is 30.8. The van der Waals surface area contributed by atoms with Crippen LogP contribution in [0.1, 0.15) is 53.1 Å². The van der Waals surface area contributed by atoms with Crippen molar-refractivity contribution < 1.29 is 72.4 Å². The molecule has 304 valence electrons. The van der Waals surface area contributed by atoms with Gasteiger partial charge in [0.1, 0.15) is 52.1 Å². The van der Waals surface area contributed by atoms with E-state index >= 15 is 0 Å². The Balaban J connectivity index is 1.12. The second-order valence-corrected chi connectivity index (χ2v) is 20.7. The van der Waals surface area contributed by atoms with Crippen molar-refractivity contribution in [2.75, 3.05) is 0 Å². The van der Waals surface area contributed by atoms with Gasteiger partial charge in [-0.1, -0.05) is 12.1 Å². The highest BCUT2D eigenvalue weighted by Gasteiger charge is 2.67. The Morgan fingerprint density at radius 1 is 0.702 bits per heavy atom. The number of ether oxygens (including phenoxy) is 3. The second kappa shape index (κ2) is 13.5. The van der Waals surface area contributed by atoms with Gasteiger partial charge in [-0.2, -0.15) is 0 Å². The number of esters is 2. The lowest BCUT2D eigenvalue weighted by Crippen LogP contribution is -2.71. The van der Waals surface area contributed by atoms with Crippen molar-refractivity contribution in [2.24, 2.45) is 0 Å². The van der Waals surface area contributed by atoms with Gasteiger partial charge in [0.05, 0.1) is 0 Å². The van der Waals surface area contributed by atoms with Crippen LogP contribution in [-0.2, 0) is 57.4 Å². The molecule has 0 radical (unpaired) electrons. The molecule has 0 saturated carbocycles. The highest BCUT2D eigenvalue weighted by molar-refractivity contribution is 8.03. The molecule has 5 amide bonds. The number of nitrogens with one attached hydrogen (secondary N) is 2. The fraction of sp³-hybridized carbons (Fsp3) is 0.529. The van der Waals surface area contributed by atoms with Crippen molar-refractivity contribution in [2.45, 2.75) is 109 Å². The Morgan fingerprint density at radius 3 is 1.65 bits per heavy atom. The molecule has 6 aliphatic heterocycles. The number of nitrogens with zero attached hydrogens (tertiary/aromatic N) is 3. The zero-order chi connectivity index (χ0) is 41.8. The van der Waals surface area contributed by atoms with E-state index in [1.807, 2.05) is 0 Å². The first-order valence-electron chi connectivity index (χ1n) is 17.3. The van der Waals surface area contributed by atoms with E-state index in [0.29, 0.717) is 0 Å². The van der Waals surface area contributed by atoms with E-state index in [-0.39, 0.29) is 11.3 Å². The molecule has 6 aliphatic rings. The summed E-state index contributed by atoms with van der Waals surface area (Å²) in [5, 5.41) is 21.7. The summed E-state index contributed by atoms with van der Waals surface area (Å²) >= 11 is 3.17. The third-order valence-corrected chi connectivity index (χ3v) is 14.9. The lowest BCUT2D eigenvalue weighted by molar-refractivity contribution is -0.251. The first-order valence-corrected chi connectivity index (χ1v) is 19.9. The third-order valence-electron chi connectivity index (χ3n) is 10.3. The van der Waals surface area contributed by atoms with E-state index in [4.69, 9.17) is 14.2 Å². The molecule has 6 saturated heterocycles. The number of thioether (sulfide) groups is 3. The van der Waals surface area contributed by atoms with E-state index in [0.717, 1.165) is 50.0 Å². The first kappa shape index (κ1) is 40.2. The Kier molecular flexibility index (Phi) is 9.54. The maximum atomic E-state index is 13.8. The van der Waals surface area contributed by atoms with Crippen LogP contribution in [0.4, 0.5) is 4.79 Å². The molecule has 0 aliphatic carbocycles. The molecule has 20 nitrogen and oxygen atoms in total. The van der Waals surface area contributed by atoms with Crippen LogP contribution in [0.3, 0.4) is 0 Å². The van der Waals surface area contributed by atoms with E-state index in [1.165, 1.54) is 24.3 Å². The van der Waals surface area contributed by atoms with Crippen molar-refractivity contribution in [3.63, 3.8) is 0 Å². The molecule has 4 N–H and O–H groups in total. The largest absolute Gasteiger partial charge is 0.508 e. The summed E-state index contributed by atoms with van der Waals surface area (Å²) in [5.41, 5.74) is 0.0488. The number of phenolic OH excluding ortho intramolecular Hbond substituents is 1. The minimum atomic E-state index is -2.53. The summed E-state index contributed by atoms with van der Waals surface area (Å²) < 4.78 is 12.9. The Hall–Kier alpha value is -5.03. The molecule has 7 rings (SSSR count). The summed E-state index contributed by atoms with van der Waals surface area (Å²) in [4.78, 5) is 132. The second-order valence-electron chi connectivity index (χ2n) is 15.4. The molecule has 1 aromatic carbocycles. The van der Waals surface area contributed by atoms with Gasteiger partial charge in [-0.15, -0.1) is 35.3 Å². The first-order chi connectivity index (χ1) is 26.5. The molecule has 2 unspecified atom stereocenters. The average Bonchev–Trinajstić information content (AvgIpc) is 3.66. The number of fused-ring (bicyclic) bond motifs is 3. The smallest absolute Gasteiger partial charge is 0.414 e. The van der Waals surface area contributed by atoms with Gasteiger partial charge in [0.2, 0.25) is 11.8 Å². The SMILES string of the molecule is CC1(C)S[C@@H]2C(=O)C(=O)N2[C@H]1C(=O)OC(OC(=O)NC(C(=O)NC1C(=O)N2[C@@H]1SC(C)(C)[C@@H]2C(=O)O)c1ccc(O)cc1)OC(=O)[C@@H]1N2C(=O)C(=O)[C@H]2SC1(C)C. The molecule has 0 spiro atoms. The molecule has 23 heteroatoms. The summed E-state index contributed by atoms with van der Waals surface area (Å²) in [6, 6.07) is -1.96. The number of aliphatic carboxylic acids is 1. The Labute approximate surface area is 335 Å². The number of Topliss-reactive ketones (excluding diaryl/α,β-unsaturated/α-hetero) is 2. The van der Waals surface area contributed by atoms with Crippen LogP contribution in [0.2, 0.25) is 0 Å². The van der Waals surface area contributed by atoms with Crippen molar-refractivity contribution in [1.82, 2.24) is 25.3 Å². The van der Waals surface area contributed by atoms with E-state index in [9.17, 15) is 58.2 Å². The number of carboxylic acid groups (broad SMARTS) is 1. The number of amides is 5. The average molecular weight is 850 g/mol. The highest BCUT2D eigenvalue weighted by Crippen LogP contribution is 2.52. The predicted octanol–water partition coefficient (Wildman–Crippen LogP) is -0.576. The van der Waals surface area contributed by atoms with Gasteiger partial charge in [-0.05, 0) is 59.2 Å². The van der Waals surface area contributed by atoms with Crippen LogP contribution in [0.15, 0.2) is 24.3 Å². The Morgan fingerprint density at radius 2 is 1.18 bits per heavy atom. The van der Waals surface area contributed by atoms with Crippen molar-refractivity contribution in [3.8, 4) is 5.75 Å². The summed E-state index contributed by atoms with van der Waals surface area (Å²) in [6.45, 7) is 6.99. The lowest BCUT2D eigenvalue weighted by atomic mass is 9.95. The number of carbonyl (C=O) groups excluding carboxylic acids is 9. The number of phenols is 1. The van der Waals surface area contributed by atoms with E-state index in [1.54, 1.807) is 41.5 Å².